The summed E-state index contributed by atoms with van der Waals surface area (Å²) in [5.74, 6) is -1.53. The maximum absolute atomic E-state index is 13.5. The number of halogens is 2. The molecule has 0 aliphatic heterocycles. The van der Waals surface area contributed by atoms with E-state index < -0.39 is 11.6 Å². The lowest BCUT2D eigenvalue weighted by molar-refractivity contribution is 0.190. The molecule has 4 heteroatoms. The summed E-state index contributed by atoms with van der Waals surface area (Å²) in [6.07, 6.45) is 3.79. The van der Waals surface area contributed by atoms with E-state index in [1.165, 1.54) is 7.11 Å². The maximum atomic E-state index is 13.5. The van der Waals surface area contributed by atoms with Crippen LogP contribution in [0.15, 0.2) is 12.1 Å². The Morgan fingerprint density at radius 3 is 2.19 bits per heavy atom. The highest BCUT2D eigenvalue weighted by Gasteiger charge is 2.21. The van der Waals surface area contributed by atoms with Gasteiger partial charge in [-0.15, -0.1) is 0 Å². The van der Waals surface area contributed by atoms with Gasteiger partial charge in [-0.1, -0.05) is 0 Å². The molecule has 0 unspecified atom stereocenters. The minimum Gasteiger partial charge on any atom is -0.497 e. The molecular formula is C12H14F2O2. The summed E-state index contributed by atoms with van der Waals surface area (Å²) in [6, 6.07) is 2.26. The molecule has 0 aromatic heterocycles. The first-order chi connectivity index (χ1) is 7.70. The predicted octanol–water partition coefficient (Wildman–Crippen LogP) is 3.29. The summed E-state index contributed by atoms with van der Waals surface area (Å²) in [7, 11) is 1.37. The summed E-state index contributed by atoms with van der Waals surface area (Å²) < 4.78 is 37.1. The highest BCUT2D eigenvalue weighted by molar-refractivity contribution is 5.35. The molecule has 2 rings (SSSR count). The van der Waals surface area contributed by atoms with Gasteiger partial charge < -0.3 is 9.47 Å². The fraction of sp³-hybridized carbons (Fsp3) is 0.500. The first-order valence-electron chi connectivity index (χ1n) is 5.40. The van der Waals surface area contributed by atoms with E-state index in [0.717, 1.165) is 37.8 Å². The van der Waals surface area contributed by atoms with E-state index in [2.05, 4.69) is 0 Å². The molecule has 0 bridgehead atoms. The van der Waals surface area contributed by atoms with Crippen molar-refractivity contribution < 1.29 is 18.3 Å². The third-order valence-corrected chi connectivity index (χ3v) is 2.79. The SMILES string of the molecule is COc1cc(F)c(OC2CCCC2)c(F)c1. The fourth-order valence-corrected chi connectivity index (χ4v) is 1.94. The maximum Gasteiger partial charge on any atom is 0.191 e. The van der Waals surface area contributed by atoms with Crippen molar-refractivity contribution in [1.29, 1.82) is 0 Å². The Hall–Kier alpha value is -1.32. The van der Waals surface area contributed by atoms with Crippen LogP contribution in [-0.2, 0) is 0 Å². The molecule has 1 saturated carbocycles. The largest absolute Gasteiger partial charge is 0.497 e. The molecule has 88 valence electrons. The van der Waals surface area contributed by atoms with Crippen molar-refractivity contribution in [2.45, 2.75) is 31.8 Å². The van der Waals surface area contributed by atoms with Gasteiger partial charge in [0.2, 0.25) is 0 Å². The van der Waals surface area contributed by atoms with Gasteiger partial charge in [0.05, 0.1) is 13.2 Å². The van der Waals surface area contributed by atoms with Gasteiger partial charge >= 0.3 is 0 Å². The third kappa shape index (κ3) is 2.26. The minimum absolute atomic E-state index is 0.0580. The Balaban J connectivity index is 2.19. The van der Waals surface area contributed by atoms with E-state index >= 15 is 0 Å². The van der Waals surface area contributed by atoms with Gasteiger partial charge in [0.1, 0.15) is 5.75 Å². The van der Waals surface area contributed by atoms with Crippen LogP contribution in [0.3, 0.4) is 0 Å². The zero-order chi connectivity index (χ0) is 11.5. The Kier molecular flexibility index (Phi) is 3.27. The fourth-order valence-electron chi connectivity index (χ4n) is 1.94. The highest BCUT2D eigenvalue weighted by Crippen LogP contribution is 2.30. The molecular weight excluding hydrogens is 214 g/mol. The standard InChI is InChI=1S/C12H14F2O2/c1-15-9-6-10(13)12(11(14)7-9)16-8-4-2-3-5-8/h6-8H,2-5H2,1H3. The van der Waals surface area contributed by atoms with Crippen LogP contribution in [0, 0.1) is 11.6 Å². The smallest absolute Gasteiger partial charge is 0.191 e. The molecule has 1 aromatic carbocycles. The number of rotatable bonds is 3. The molecule has 1 aromatic rings. The van der Waals surface area contributed by atoms with E-state index in [1.54, 1.807) is 0 Å². The molecule has 0 radical (unpaired) electrons. The van der Waals surface area contributed by atoms with E-state index in [9.17, 15) is 8.78 Å². The van der Waals surface area contributed by atoms with Crippen LogP contribution in [0.5, 0.6) is 11.5 Å². The molecule has 2 nitrogen and oxygen atoms in total. The minimum atomic E-state index is -0.705. The Morgan fingerprint density at radius 1 is 1.12 bits per heavy atom. The quantitative estimate of drug-likeness (QED) is 0.790. The topological polar surface area (TPSA) is 18.5 Å². The van der Waals surface area contributed by atoms with Gasteiger partial charge in [0.25, 0.3) is 0 Å². The zero-order valence-corrected chi connectivity index (χ0v) is 9.13. The average molecular weight is 228 g/mol. The summed E-state index contributed by atoms with van der Waals surface area (Å²) in [5, 5.41) is 0. The van der Waals surface area contributed by atoms with Crippen LogP contribution in [0.4, 0.5) is 8.78 Å². The molecule has 1 aliphatic rings. The second-order valence-electron chi connectivity index (χ2n) is 3.94. The van der Waals surface area contributed by atoms with Gasteiger partial charge in [-0.25, -0.2) is 8.78 Å². The van der Waals surface area contributed by atoms with Gasteiger partial charge in [-0.2, -0.15) is 0 Å². The van der Waals surface area contributed by atoms with Gasteiger partial charge in [-0.05, 0) is 25.7 Å². The second kappa shape index (κ2) is 4.68. The summed E-state index contributed by atoms with van der Waals surface area (Å²) in [4.78, 5) is 0. The van der Waals surface area contributed by atoms with Crippen LogP contribution in [-0.4, -0.2) is 13.2 Å². The summed E-state index contributed by atoms with van der Waals surface area (Å²) in [6.45, 7) is 0. The third-order valence-electron chi connectivity index (χ3n) is 2.79. The number of hydrogen-bond donors (Lipinski definition) is 0. The molecule has 0 atom stereocenters. The Bertz CT molecular complexity index is 350. The molecule has 0 saturated heterocycles. The van der Waals surface area contributed by atoms with E-state index in [0.29, 0.717) is 0 Å². The molecule has 1 fully saturated rings. The van der Waals surface area contributed by atoms with Gasteiger partial charge in [0, 0.05) is 12.1 Å². The number of benzene rings is 1. The average Bonchev–Trinajstić information content (AvgIpc) is 2.75. The first kappa shape index (κ1) is 11.2. The zero-order valence-electron chi connectivity index (χ0n) is 9.13. The van der Waals surface area contributed by atoms with Crippen LogP contribution >= 0.6 is 0 Å². The molecule has 1 aliphatic carbocycles. The lowest BCUT2D eigenvalue weighted by atomic mass is 10.2. The van der Waals surface area contributed by atoms with Crippen molar-refractivity contribution >= 4 is 0 Å². The summed E-state index contributed by atoms with van der Waals surface area (Å²) >= 11 is 0. The molecule has 0 spiro atoms. The number of methoxy groups -OCH3 is 1. The van der Waals surface area contributed by atoms with Crippen molar-refractivity contribution in [3.63, 3.8) is 0 Å². The van der Waals surface area contributed by atoms with Crippen LogP contribution < -0.4 is 9.47 Å². The number of ether oxygens (including phenoxy) is 2. The van der Waals surface area contributed by atoms with Gasteiger partial charge in [-0.3, -0.25) is 0 Å². The summed E-state index contributed by atoms with van der Waals surface area (Å²) in [5.41, 5.74) is 0. The van der Waals surface area contributed by atoms with Crippen molar-refractivity contribution in [2.75, 3.05) is 7.11 Å². The van der Waals surface area contributed by atoms with Crippen LogP contribution in [0.25, 0.3) is 0 Å². The van der Waals surface area contributed by atoms with Crippen molar-refractivity contribution in [3.8, 4) is 11.5 Å². The monoisotopic (exact) mass is 228 g/mol. The van der Waals surface area contributed by atoms with E-state index in [4.69, 9.17) is 9.47 Å². The molecule has 0 heterocycles. The second-order valence-corrected chi connectivity index (χ2v) is 3.94. The normalized spacial score (nSPS) is 16.4. The molecule has 0 amide bonds. The van der Waals surface area contributed by atoms with E-state index in [1.807, 2.05) is 0 Å². The highest BCUT2D eigenvalue weighted by atomic mass is 19.1. The van der Waals surface area contributed by atoms with Crippen LogP contribution in [0.2, 0.25) is 0 Å². The van der Waals surface area contributed by atoms with E-state index in [-0.39, 0.29) is 17.6 Å². The number of hydrogen-bond acceptors (Lipinski definition) is 2. The van der Waals surface area contributed by atoms with Crippen molar-refractivity contribution in [2.24, 2.45) is 0 Å². The Labute approximate surface area is 93.2 Å². The first-order valence-corrected chi connectivity index (χ1v) is 5.40. The predicted molar refractivity (Wildman–Crippen MR) is 55.8 cm³/mol. The Morgan fingerprint density at radius 2 is 1.69 bits per heavy atom. The lowest BCUT2D eigenvalue weighted by Crippen LogP contribution is -2.13. The van der Waals surface area contributed by atoms with Crippen molar-refractivity contribution in [3.05, 3.63) is 23.8 Å². The van der Waals surface area contributed by atoms with Crippen molar-refractivity contribution in [1.82, 2.24) is 0 Å². The molecule has 16 heavy (non-hydrogen) atoms. The molecule has 0 N–H and O–H groups in total. The van der Waals surface area contributed by atoms with Gasteiger partial charge in [0.15, 0.2) is 17.4 Å². The lowest BCUT2D eigenvalue weighted by Gasteiger charge is -2.14. The van der Waals surface area contributed by atoms with Crippen LogP contribution in [0.1, 0.15) is 25.7 Å².